The third-order valence-electron chi connectivity index (χ3n) is 3.54. The summed E-state index contributed by atoms with van der Waals surface area (Å²) in [5, 5.41) is 10.7. The molecule has 0 spiro atoms. The van der Waals surface area contributed by atoms with Gasteiger partial charge in [-0.3, -0.25) is 0 Å². The molecule has 3 heteroatoms. The average molecular weight is 257 g/mol. The maximum Gasteiger partial charge on any atom is 0.127 e. The molecule has 0 heterocycles. The summed E-state index contributed by atoms with van der Waals surface area (Å²) in [4.78, 5) is 0. The topological polar surface area (TPSA) is 20.2 Å². The van der Waals surface area contributed by atoms with Gasteiger partial charge in [0.1, 0.15) is 5.82 Å². The van der Waals surface area contributed by atoms with Gasteiger partial charge in [-0.05, 0) is 37.0 Å². The van der Waals surface area contributed by atoms with Gasteiger partial charge < -0.3 is 5.11 Å². The first-order valence-electron chi connectivity index (χ1n) is 6.13. The van der Waals surface area contributed by atoms with Crippen LogP contribution < -0.4 is 0 Å². The number of hydrogen-bond acceptors (Lipinski definition) is 1. The molecule has 0 bridgehead atoms. The summed E-state index contributed by atoms with van der Waals surface area (Å²) in [6.07, 6.45) is 4.76. The molecule has 0 saturated heterocycles. The lowest BCUT2D eigenvalue weighted by Crippen LogP contribution is -2.32. The highest BCUT2D eigenvalue weighted by atomic mass is 35.5. The van der Waals surface area contributed by atoms with Gasteiger partial charge >= 0.3 is 0 Å². The highest BCUT2D eigenvalue weighted by Gasteiger charge is 2.29. The quantitative estimate of drug-likeness (QED) is 0.865. The molecule has 1 aromatic carbocycles. The zero-order valence-electron chi connectivity index (χ0n) is 10.0. The van der Waals surface area contributed by atoms with E-state index >= 15 is 0 Å². The normalized spacial score (nSPS) is 19.8. The van der Waals surface area contributed by atoms with Gasteiger partial charge in [-0.2, -0.15) is 0 Å². The first kappa shape index (κ1) is 12.8. The molecule has 1 saturated carbocycles. The van der Waals surface area contributed by atoms with Gasteiger partial charge in [0.2, 0.25) is 0 Å². The molecule has 1 aliphatic carbocycles. The zero-order chi connectivity index (χ0) is 12.5. The van der Waals surface area contributed by atoms with Crippen LogP contribution in [0.2, 0.25) is 5.02 Å². The monoisotopic (exact) mass is 256 g/mol. The fraction of sp³-hybridized carbons (Fsp3) is 0.571. The summed E-state index contributed by atoms with van der Waals surface area (Å²) in [5.74, 6) is 0.284. The van der Waals surface area contributed by atoms with E-state index < -0.39 is 5.60 Å². The second-order valence-electron chi connectivity index (χ2n) is 5.41. The summed E-state index contributed by atoms with van der Waals surface area (Å²) < 4.78 is 13.6. The summed E-state index contributed by atoms with van der Waals surface area (Å²) in [7, 11) is 0. The van der Waals surface area contributed by atoms with E-state index in [9.17, 15) is 9.50 Å². The van der Waals surface area contributed by atoms with E-state index in [1.165, 1.54) is 25.3 Å². The Morgan fingerprint density at radius 3 is 2.71 bits per heavy atom. The summed E-state index contributed by atoms with van der Waals surface area (Å²) in [6.45, 7) is 1.79. The van der Waals surface area contributed by atoms with E-state index in [4.69, 9.17) is 11.6 Å². The van der Waals surface area contributed by atoms with E-state index in [2.05, 4.69) is 0 Å². The van der Waals surface area contributed by atoms with Crippen molar-refractivity contribution in [2.45, 2.75) is 44.6 Å². The van der Waals surface area contributed by atoms with Gasteiger partial charge in [0.05, 0.1) is 5.60 Å². The van der Waals surface area contributed by atoms with Crippen molar-refractivity contribution in [3.63, 3.8) is 0 Å². The van der Waals surface area contributed by atoms with Crippen molar-refractivity contribution in [1.29, 1.82) is 0 Å². The SMILES string of the molecule is CC(O)(Cc1ccc(Cl)cc1F)CC1CCC1. The van der Waals surface area contributed by atoms with Crippen molar-refractivity contribution in [2.24, 2.45) is 5.92 Å². The maximum atomic E-state index is 13.6. The molecule has 1 aliphatic rings. The third kappa shape index (κ3) is 3.43. The molecule has 0 aliphatic heterocycles. The van der Waals surface area contributed by atoms with Gasteiger partial charge in [0, 0.05) is 11.4 Å². The first-order chi connectivity index (χ1) is 7.96. The molecule has 94 valence electrons. The fourth-order valence-corrected chi connectivity index (χ4v) is 2.63. The smallest absolute Gasteiger partial charge is 0.127 e. The summed E-state index contributed by atoms with van der Waals surface area (Å²) in [6, 6.07) is 4.63. The molecule has 1 nitrogen and oxygen atoms in total. The molecule has 1 fully saturated rings. The Balaban J connectivity index is 2.02. The lowest BCUT2D eigenvalue weighted by atomic mass is 9.76. The van der Waals surface area contributed by atoms with Gasteiger partial charge in [0.25, 0.3) is 0 Å². The van der Waals surface area contributed by atoms with Gasteiger partial charge in [-0.15, -0.1) is 0 Å². The first-order valence-corrected chi connectivity index (χ1v) is 6.50. The van der Waals surface area contributed by atoms with Gasteiger partial charge in [-0.1, -0.05) is 36.9 Å². The summed E-state index contributed by atoms with van der Waals surface area (Å²) in [5.41, 5.74) is -0.279. The molecule has 0 radical (unpaired) electrons. The van der Waals surface area contributed by atoms with Crippen LogP contribution >= 0.6 is 11.6 Å². The van der Waals surface area contributed by atoms with Crippen LogP contribution in [0.4, 0.5) is 4.39 Å². The fourth-order valence-electron chi connectivity index (χ4n) is 2.47. The molecular weight excluding hydrogens is 239 g/mol. The highest BCUT2D eigenvalue weighted by Crippen LogP contribution is 2.35. The number of halogens is 2. The number of hydrogen-bond donors (Lipinski definition) is 1. The molecule has 1 aromatic rings. The van der Waals surface area contributed by atoms with Crippen LogP contribution in [0, 0.1) is 11.7 Å². The Bertz CT molecular complexity index is 399. The lowest BCUT2D eigenvalue weighted by Gasteiger charge is -2.33. The number of benzene rings is 1. The van der Waals surface area contributed by atoms with Crippen LogP contribution in [0.3, 0.4) is 0 Å². The standard InChI is InChI=1S/C14H18ClFO/c1-14(17,8-10-3-2-4-10)9-11-5-6-12(15)7-13(11)16/h5-7,10,17H,2-4,8-9H2,1H3. The minimum atomic E-state index is -0.820. The second-order valence-corrected chi connectivity index (χ2v) is 5.85. The van der Waals surface area contributed by atoms with E-state index in [1.54, 1.807) is 19.1 Å². The van der Waals surface area contributed by atoms with Crippen molar-refractivity contribution < 1.29 is 9.50 Å². The van der Waals surface area contributed by atoms with Crippen molar-refractivity contribution >= 4 is 11.6 Å². The third-order valence-corrected chi connectivity index (χ3v) is 3.77. The Labute approximate surface area is 107 Å². The maximum absolute atomic E-state index is 13.6. The van der Waals surface area contributed by atoms with E-state index in [-0.39, 0.29) is 5.82 Å². The van der Waals surface area contributed by atoms with Crippen molar-refractivity contribution in [3.8, 4) is 0 Å². The lowest BCUT2D eigenvalue weighted by molar-refractivity contribution is 0.0197. The predicted molar refractivity (Wildman–Crippen MR) is 67.7 cm³/mol. The molecule has 17 heavy (non-hydrogen) atoms. The van der Waals surface area contributed by atoms with Gasteiger partial charge in [-0.25, -0.2) is 4.39 Å². The molecule has 1 unspecified atom stereocenters. The highest BCUT2D eigenvalue weighted by molar-refractivity contribution is 6.30. The summed E-state index contributed by atoms with van der Waals surface area (Å²) >= 11 is 5.70. The largest absolute Gasteiger partial charge is 0.390 e. The molecule has 2 rings (SSSR count). The Morgan fingerprint density at radius 1 is 1.47 bits per heavy atom. The van der Waals surface area contributed by atoms with Crippen LogP contribution in [0.15, 0.2) is 18.2 Å². The molecule has 0 amide bonds. The number of rotatable bonds is 4. The van der Waals surface area contributed by atoms with Crippen molar-refractivity contribution in [1.82, 2.24) is 0 Å². The zero-order valence-corrected chi connectivity index (χ0v) is 10.8. The Hall–Kier alpha value is -0.600. The van der Waals surface area contributed by atoms with E-state index in [1.807, 2.05) is 0 Å². The Kier molecular flexibility index (Phi) is 3.74. The minimum Gasteiger partial charge on any atom is -0.390 e. The molecular formula is C14H18ClFO. The predicted octanol–water partition coefficient (Wildman–Crippen LogP) is 3.96. The van der Waals surface area contributed by atoms with E-state index in [0.29, 0.717) is 22.9 Å². The molecule has 1 atom stereocenters. The van der Waals surface area contributed by atoms with Crippen LogP contribution in [-0.2, 0) is 6.42 Å². The molecule has 0 aromatic heterocycles. The minimum absolute atomic E-state index is 0.327. The van der Waals surface area contributed by atoms with E-state index in [0.717, 1.165) is 6.42 Å². The Morgan fingerprint density at radius 2 is 2.18 bits per heavy atom. The van der Waals surface area contributed by atoms with Crippen molar-refractivity contribution in [2.75, 3.05) is 0 Å². The van der Waals surface area contributed by atoms with Crippen LogP contribution in [0.25, 0.3) is 0 Å². The van der Waals surface area contributed by atoms with Crippen LogP contribution in [0.1, 0.15) is 38.2 Å². The second kappa shape index (κ2) is 4.95. The average Bonchev–Trinajstić information content (AvgIpc) is 2.17. The number of aliphatic hydroxyl groups is 1. The van der Waals surface area contributed by atoms with Crippen LogP contribution in [-0.4, -0.2) is 10.7 Å². The van der Waals surface area contributed by atoms with Crippen molar-refractivity contribution in [3.05, 3.63) is 34.6 Å². The van der Waals surface area contributed by atoms with Crippen LogP contribution in [0.5, 0.6) is 0 Å². The van der Waals surface area contributed by atoms with Gasteiger partial charge in [0.15, 0.2) is 0 Å². The molecule has 1 N–H and O–H groups in total.